The Hall–Kier alpha value is -2.47. The molecule has 6 heteroatoms. The predicted molar refractivity (Wildman–Crippen MR) is 103 cm³/mol. The Balaban J connectivity index is 1.61. The van der Waals surface area contributed by atoms with E-state index in [0.717, 1.165) is 25.1 Å². The molecule has 1 aromatic heterocycles. The van der Waals surface area contributed by atoms with Gasteiger partial charge in [-0.05, 0) is 36.0 Å². The molecular formula is C20H26N4O2. The van der Waals surface area contributed by atoms with Crippen molar-refractivity contribution < 1.29 is 9.53 Å². The lowest BCUT2D eigenvalue weighted by atomic mass is 9.87. The molecule has 2 aromatic rings. The monoisotopic (exact) mass is 354 g/mol. The first-order chi connectivity index (χ1) is 12.4. The Morgan fingerprint density at radius 2 is 2.00 bits per heavy atom. The third kappa shape index (κ3) is 4.79. The fraction of sp³-hybridized carbons (Fsp3) is 0.450. The largest absolute Gasteiger partial charge is 0.376 e. The van der Waals surface area contributed by atoms with E-state index in [2.05, 4.69) is 41.4 Å². The van der Waals surface area contributed by atoms with Crippen molar-refractivity contribution in [2.24, 2.45) is 0 Å². The van der Waals surface area contributed by atoms with Crippen LogP contribution in [0.25, 0.3) is 0 Å². The van der Waals surface area contributed by atoms with Crippen LogP contribution in [-0.2, 0) is 10.2 Å². The van der Waals surface area contributed by atoms with E-state index in [1.54, 1.807) is 6.07 Å². The minimum absolute atomic E-state index is 0.0821. The molecule has 1 unspecified atom stereocenters. The van der Waals surface area contributed by atoms with Gasteiger partial charge in [0.05, 0.1) is 6.10 Å². The second-order valence-corrected chi connectivity index (χ2v) is 7.59. The number of aromatic nitrogens is 2. The van der Waals surface area contributed by atoms with Gasteiger partial charge in [-0.25, -0.2) is 9.97 Å². The number of ether oxygens (including phenoxy) is 1. The van der Waals surface area contributed by atoms with Gasteiger partial charge in [0, 0.05) is 24.9 Å². The van der Waals surface area contributed by atoms with E-state index in [0.29, 0.717) is 18.1 Å². The van der Waals surface area contributed by atoms with Gasteiger partial charge in [-0.3, -0.25) is 4.79 Å². The van der Waals surface area contributed by atoms with Gasteiger partial charge in [0.1, 0.15) is 17.8 Å². The van der Waals surface area contributed by atoms with Gasteiger partial charge in [-0.15, -0.1) is 0 Å². The molecule has 2 N–H and O–H groups in total. The molecule has 6 nitrogen and oxygen atoms in total. The molecule has 1 aliphatic heterocycles. The van der Waals surface area contributed by atoms with Gasteiger partial charge < -0.3 is 15.4 Å². The third-order valence-corrected chi connectivity index (χ3v) is 4.44. The van der Waals surface area contributed by atoms with E-state index in [4.69, 9.17) is 4.74 Å². The Bertz CT molecular complexity index is 747. The molecule has 3 rings (SSSR count). The zero-order chi connectivity index (χ0) is 18.6. The normalized spacial score (nSPS) is 17.1. The summed E-state index contributed by atoms with van der Waals surface area (Å²) in [6.45, 7) is 7.98. The van der Waals surface area contributed by atoms with Crippen LogP contribution in [-0.4, -0.2) is 35.1 Å². The van der Waals surface area contributed by atoms with Crippen molar-refractivity contribution in [2.45, 2.75) is 45.1 Å². The summed E-state index contributed by atoms with van der Waals surface area (Å²) in [5.41, 5.74) is 2.38. The molecule has 26 heavy (non-hydrogen) atoms. The van der Waals surface area contributed by atoms with Crippen molar-refractivity contribution >= 4 is 17.4 Å². The summed E-state index contributed by atoms with van der Waals surface area (Å²) >= 11 is 0. The summed E-state index contributed by atoms with van der Waals surface area (Å²) < 4.78 is 5.58. The van der Waals surface area contributed by atoms with Crippen molar-refractivity contribution in [2.75, 3.05) is 23.8 Å². The molecule has 0 saturated carbocycles. The number of hydrogen-bond acceptors (Lipinski definition) is 5. The molecule has 0 bridgehead atoms. The maximum Gasteiger partial charge on any atom is 0.274 e. The second kappa shape index (κ2) is 7.83. The van der Waals surface area contributed by atoms with Crippen molar-refractivity contribution in [1.29, 1.82) is 0 Å². The molecule has 0 aliphatic carbocycles. The predicted octanol–water partition coefficient (Wildman–Crippen LogP) is 3.62. The summed E-state index contributed by atoms with van der Waals surface area (Å²) in [5, 5.41) is 6.09. The molecule has 1 aliphatic rings. The minimum Gasteiger partial charge on any atom is -0.376 e. The van der Waals surface area contributed by atoms with Gasteiger partial charge in [0.25, 0.3) is 5.91 Å². The van der Waals surface area contributed by atoms with Crippen molar-refractivity contribution in [3.63, 3.8) is 0 Å². The van der Waals surface area contributed by atoms with Crippen molar-refractivity contribution in [3.8, 4) is 0 Å². The Morgan fingerprint density at radius 1 is 1.23 bits per heavy atom. The summed E-state index contributed by atoms with van der Waals surface area (Å²) in [6.07, 6.45) is 3.76. The van der Waals surface area contributed by atoms with E-state index in [1.807, 2.05) is 24.3 Å². The third-order valence-electron chi connectivity index (χ3n) is 4.44. The summed E-state index contributed by atoms with van der Waals surface area (Å²) in [5.74, 6) is 0.375. The topological polar surface area (TPSA) is 76.1 Å². The molecule has 1 amide bonds. The van der Waals surface area contributed by atoms with Crippen LogP contribution < -0.4 is 10.6 Å². The summed E-state index contributed by atoms with van der Waals surface area (Å²) in [7, 11) is 0. The Kier molecular flexibility index (Phi) is 5.52. The maximum absolute atomic E-state index is 12.5. The maximum atomic E-state index is 12.5. The molecule has 1 aromatic carbocycles. The van der Waals surface area contributed by atoms with Gasteiger partial charge >= 0.3 is 0 Å². The first kappa shape index (κ1) is 18.3. The highest BCUT2D eigenvalue weighted by atomic mass is 16.5. The highest BCUT2D eigenvalue weighted by Crippen LogP contribution is 2.23. The zero-order valence-corrected chi connectivity index (χ0v) is 15.6. The molecule has 1 saturated heterocycles. The minimum atomic E-state index is -0.254. The summed E-state index contributed by atoms with van der Waals surface area (Å²) in [6, 6.07) is 9.55. The van der Waals surface area contributed by atoms with E-state index in [1.165, 1.54) is 11.9 Å². The lowest BCUT2D eigenvalue weighted by Gasteiger charge is -2.19. The van der Waals surface area contributed by atoms with Crippen LogP contribution in [0.2, 0.25) is 0 Å². The first-order valence-corrected chi connectivity index (χ1v) is 9.01. The zero-order valence-electron chi connectivity index (χ0n) is 15.6. The fourth-order valence-corrected chi connectivity index (χ4v) is 2.85. The van der Waals surface area contributed by atoms with Gasteiger partial charge in [-0.2, -0.15) is 0 Å². The Morgan fingerprint density at radius 3 is 2.65 bits per heavy atom. The van der Waals surface area contributed by atoms with Crippen LogP contribution >= 0.6 is 0 Å². The number of anilines is 2. The molecule has 138 valence electrons. The Labute approximate surface area is 154 Å². The number of hydrogen-bond donors (Lipinski definition) is 2. The van der Waals surface area contributed by atoms with Gasteiger partial charge in [0.15, 0.2) is 0 Å². The van der Waals surface area contributed by atoms with Gasteiger partial charge in [-0.1, -0.05) is 32.9 Å². The molecular weight excluding hydrogens is 328 g/mol. The quantitative estimate of drug-likeness (QED) is 0.858. The molecule has 2 heterocycles. The van der Waals surface area contributed by atoms with Crippen molar-refractivity contribution in [1.82, 2.24) is 9.97 Å². The number of nitrogens with zero attached hydrogens (tertiary/aromatic N) is 2. The van der Waals surface area contributed by atoms with E-state index < -0.39 is 0 Å². The van der Waals surface area contributed by atoms with Crippen LogP contribution in [0.4, 0.5) is 11.5 Å². The van der Waals surface area contributed by atoms with E-state index in [9.17, 15) is 4.79 Å². The van der Waals surface area contributed by atoms with Gasteiger partial charge in [0.2, 0.25) is 0 Å². The number of rotatable bonds is 5. The number of carbonyl (C=O) groups is 1. The molecule has 0 spiro atoms. The van der Waals surface area contributed by atoms with E-state index >= 15 is 0 Å². The lowest BCUT2D eigenvalue weighted by molar-refractivity contribution is 0.102. The van der Waals surface area contributed by atoms with E-state index in [-0.39, 0.29) is 17.4 Å². The number of amides is 1. The van der Waals surface area contributed by atoms with Crippen LogP contribution in [0, 0.1) is 0 Å². The number of nitrogens with one attached hydrogen (secondary N) is 2. The fourth-order valence-electron chi connectivity index (χ4n) is 2.85. The second-order valence-electron chi connectivity index (χ2n) is 7.59. The SMILES string of the molecule is CC(C)(C)c1ccc(NC(=O)c2cc(NCC3CCCO3)ncn2)cc1. The average Bonchev–Trinajstić information content (AvgIpc) is 3.13. The highest BCUT2D eigenvalue weighted by molar-refractivity contribution is 6.03. The highest BCUT2D eigenvalue weighted by Gasteiger charge is 2.16. The summed E-state index contributed by atoms with van der Waals surface area (Å²) in [4.78, 5) is 20.7. The smallest absolute Gasteiger partial charge is 0.274 e. The molecule has 1 atom stereocenters. The number of carbonyl (C=O) groups excluding carboxylic acids is 1. The van der Waals surface area contributed by atoms with Crippen LogP contribution in [0.15, 0.2) is 36.7 Å². The average molecular weight is 354 g/mol. The van der Waals surface area contributed by atoms with Crippen LogP contribution in [0.1, 0.15) is 49.7 Å². The molecule has 0 radical (unpaired) electrons. The standard InChI is InChI=1S/C20H26N4O2/c1-20(2,3)14-6-8-15(9-7-14)24-19(25)17-11-18(23-13-22-17)21-12-16-5-4-10-26-16/h6-9,11,13,16H,4-5,10,12H2,1-3H3,(H,24,25)(H,21,22,23). The van der Waals surface area contributed by atoms with Crippen LogP contribution in [0.3, 0.4) is 0 Å². The lowest BCUT2D eigenvalue weighted by Crippen LogP contribution is -2.20. The van der Waals surface area contributed by atoms with Crippen molar-refractivity contribution in [3.05, 3.63) is 47.9 Å². The number of benzene rings is 1. The van der Waals surface area contributed by atoms with Crippen LogP contribution in [0.5, 0.6) is 0 Å². The molecule has 1 fully saturated rings. The first-order valence-electron chi connectivity index (χ1n) is 9.01.